The molecule has 0 spiro atoms. The van der Waals surface area contributed by atoms with Gasteiger partial charge in [0.05, 0.1) is 0 Å². The van der Waals surface area contributed by atoms with E-state index in [1.54, 1.807) is 6.20 Å². The van der Waals surface area contributed by atoms with E-state index in [4.69, 9.17) is 0 Å². The Morgan fingerprint density at radius 3 is 2.10 bits per heavy atom. The maximum absolute atomic E-state index is 4.06. The summed E-state index contributed by atoms with van der Waals surface area (Å²) in [5, 5.41) is 0. The smallest absolute Gasteiger partial charge is 0.0270 e. The zero-order chi connectivity index (χ0) is 15.1. The standard InChI is InChI=1S/C19H33N/c1-5-9-11-13-15-19(14-12-10-6-2)18(7-3)16-17-20-8-4/h7-8,16-17,19H,3-6,9-15H2,1-2H3/b18-16+,20-17-. The van der Waals surface area contributed by atoms with Gasteiger partial charge >= 0.3 is 0 Å². The monoisotopic (exact) mass is 275 g/mol. The first-order chi connectivity index (χ1) is 9.79. The molecule has 0 saturated heterocycles. The number of aliphatic imine (C=N–C) groups is 1. The second-order valence-corrected chi connectivity index (χ2v) is 5.39. The second kappa shape index (κ2) is 14.3. The van der Waals surface area contributed by atoms with Crippen molar-refractivity contribution in [3.63, 3.8) is 0 Å². The molecule has 0 heterocycles. The van der Waals surface area contributed by atoms with Gasteiger partial charge in [0.25, 0.3) is 0 Å². The van der Waals surface area contributed by atoms with Gasteiger partial charge in [-0.3, -0.25) is 4.99 Å². The van der Waals surface area contributed by atoms with Gasteiger partial charge in [0, 0.05) is 12.4 Å². The minimum Gasteiger partial charge on any atom is -0.265 e. The summed E-state index contributed by atoms with van der Waals surface area (Å²) in [6.45, 7) is 12.1. The van der Waals surface area contributed by atoms with E-state index in [-0.39, 0.29) is 0 Å². The molecule has 0 aliphatic heterocycles. The molecule has 0 rings (SSSR count). The topological polar surface area (TPSA) is 12.4 Å². The Labute approximate surface area is 126 Å². The van der Waals surface area contributed by atoms with Crippen LogP contribution in [-0.4, -0.2) is 6.21 Å². The zero-order valence-corrected chi connectivity index (χ0v) is 13.6. The molecule has 114 valence electrons. The normalized spacial score (nSPS) is 13.6. The second-order valence-electron chi connectivity index (χ2n) is 5.39. The summed E-state index contributed by atoms with van der Waals surface area (Å²) in [4.78, 5) is 4.06. The van der Waals surface area contributed by atoms with Crippen molar-refractivity contribution in [3.8, 4) is 0 Å². The quantitative estimate of drug-likeness (QED) is 0.207. The summed E-state index contributed by atoms with van der Waals surface area (Å²) in [6, 6.07) is 0. The third kappa shape index (κ3) is 9.77. The van der Waals surface area contributed by atoms with Crippen LogP contribution in [0.1, 0.15) is 71.6 Å². The van der Waals surface area contributed by atoms with Crippen LogP contribution in [0.25, 0.3) is 0 Å². The summed E-state index contributed by atoms with van der Waals surface area (Å²) < 4.78 is 0. The lowest BCUT2D eigenvalue weighted by Crippen LogP contribution is -2.04. The number of unbranched alkanes of at least 4 members (excludes halogenated alkanes) is 5. The average molecular weight is 275 g/mol. The number of rotatable bonds is 13. The van der Waals surface area contributed by atoms with Crippen LogP contribution in [0.15, 0.2) is 42.1 Å². The molecule has 1 heteroatoms. The van der Waals surface area contributed by atoms with E-state index in [0.29, 0.717) is 5.92 Å². The first-order valence-electron chi connectivity index (χ1n) is 8.26. The van der Waals surface area contributed by atoms with Gasteiger partial charge in [-0.2, -0.15) is 0 Å². The van der Waals surface area contributed by atoms with Crippen LogP contribution in [0.2, 0.25) is 0 Å². The maximum atomic E-state index is 4.06. The SMILES string of the molecule is C=C/N=C\C=C(/C=C)C(CCCCC)CCCCCC. The van der Waals surface area contributed by atoms with Crippen LogP contribution in [0.3, 0.4) is 0 Å². The summed E-state index contributed by atoms with van der Waals surface area (Å²) in [6.07, 6.45) is 19.3. The van der Waals surface area contributed by atoms with Crippen molar-refractivity contribution < 1.29 is 0 Å². The fourth-order valence-electron chi connectivity index (χ4n) is 2.50. The first-order valence-corrected chi connectivity index (χ1v) is 8.26. The van der Waals surface area contributed by atoms with Gasteiger partial charge in [-0.1, -0.05) is 78.0 Å². The molecule has 0 bridgehead atoms. The molecule has 1 atom stereocenters. The van der Waals surface area contributed by atoms with Gasteiger partial charge in [-0.25, -0.2) is 0 Å². The Kier molecular flexibility index (Phi) is 13.5. The highest BCUT2D eigenvalue weighted by atomic mass is 14.6. The molecule has 0 saturated carbocycles. The Morgan fingerprint density at radius 1 is 0.950 bits per heavy atom. The maximum Gasteiger partial charge on any atom is 0.0270 e. The molecule has 0 aliphatic rings. The Bertz CT molecular complexity index is 299. The summed E-state index contributed by atoms with van der Waals surface area (Å²) >= 11 is 0. The van der Waals surface area contributed by atoms with Crippen LogP contribution in [-0.2, 0) is 0 Å². The van der Waals surface area contributed by atoms with Gasteiger partial charge in [0.1, 0.15) is 0 Å². The molecular formula is C19H33N. The van der Waals surface area contributed by atoms with Gasteiger partial charge in [-0.15, -0.1) is 0 Å². The zero-order valence-electron chi connectivity index (χ0n) is 13.6. The highest BCUT2D eigenvalue weighted by Crippen LogP contribution is 2.25. The van der Waals surface area contributed by atoms with Crippen LogP contribution >= 0.6 is 0 Å². The van der Waals surface area contributed by atoms with E-state index in [0.717, 1.165) is 0 Å². The predicted octanol–water partition coefficient (Wildman–Crippen LogP) is 6.48. The van der Waals surface area contributed by atoms with E-state index < -0.39 is 0 Å². The van der Waals surface area contributed by atoms with Crippen molar-refractivity contribution >= 4 is 6.21 Å². The van der Waals surface area contributed by atoms with Crippen LogP contribution in [0.4, 0.5) is 0 Å². The van der Waals surface area contributed by atoms with Gasteiger partial charge in [0.2, 0.25) is 0 Å². The molecule has 0 radical (unpaired) electrons. The van der Waals surface area contributed by atoms with Gasteiger partial charge in [0.15, 0.2) is 0 Å². The van der Waals surface area contributed by atoms with E-state index >= 15 is 0 Å². The summed E-state index contributed by atoms with van der Waals surface area (Å²) in [7, 11) is 0. The van der Waals surface area contributed by atoms with E-state index in [9.17, 15) is 0 Å². The van der Waals surface area contributed by atoms with Crippen molar-refractivity contribution in [2.75, 3.05) is 0 Å². The Balaban J connectivity index is 4.50. The van der Waals surface area contributed by atoms with Crippen molar-refractivity contribution in [1.82, 2.24) is 0 Å². The Morgan fingerprint density at radius 2 is 1.55 bits per heavy atom. The van der Waals surface area contributed by atoms with Gasteiger partial charge < -0.3 is 0 Å². The highest BCUT2D eigenvalue weighted by molar-refractivity contribution is 5.73. The molecule has 0 fully saturated rings. The average Bonchev–Trinajstić information content (AvgIpc) is 2.47. The van der Waals surface area contributed by atoms with Crippen molar-refractivity contribution in [2.45, 2.75) is 71.6 Å². The predicted molar refractivity (Wildman–Crippen MR) is 93.4 cm³/mol. The van der Waals surface area contributed by atoms with Crippen molar-refractivity contribution in [2.24, 2.45) is 10.9 Å². The molecule has 0 aromatic heterocycles. The van der Waals surface area contributed by atoms with Crippen molar-refractivity contribution in [3.05, 3.63) is 37.1 Å². The largest absolute Gasteiger partial charge is 0.265 e. The molecule has 1 unspecified atom stereocenters. The molecule has 0 amide bonds. The van der Waals surface area contributed by atoms with Crippen molar-refractivity contribution in [1.29, 1.82) is 0 Å². The number of hydrogen-bond acceptors (Lipinski definition) is 1. The number of hydrogen-bond donors (Lipinski definition) is 0. The third-order valence-electron chi connectivity index (χ3n) is 3.73. The minimum atomic E-state index is 0.646. The lowest BCUT2D eigenvalue weighted by atomic mass is 9.88. The van der Waals surface area contributed by atoms with Crippen LogP contribution < -0.4 is 0 Å². The Hall–Kier alpha value is -1.11. The molecule has 0 aromatic carbocycles. The van der Waals surface area contributed by atoms with Gasteiger partial charge in [-0.05, 0) is 30.4 Å². The molecule has 0 N–H and O–H groups in total. The molecule has 0 aromatic rings. The van der Waals surface area contributed by atoms with Crippen LogP contribution in [0, 0.1) is 5.92 Å². The lowest BCUT2D eigenvalue weighted by Gasteiger charge is -2.18. The highest BCUT2D eigenvalue weighted by Gasteiger charge is 2.11. The third-order valence-corrected chi connectivity index (χ3v) is 3.73. The minimum absolute atomic E-state index is 0.646. The number of nitrogens with zero attached hydrogens (tertiary/aromatic N) is 1. The first kappa shape index (κ1) is 18.9. The van der Waals surface area contributed by atoms with E-state index in [1.807, 2.05) is 12.3 Å². The molecule has 1 nitrogen and oxygen atoms in total. The lowest BCUT2D eigenvalue weighted by molar-refractivity contribution is 0.465. The van der Waals surface area contributed by atoms with E-state index in [2.05, 4.69) is 38.1 Å². The molecular weight excluding hydrogens is 242 g/mol. The molecule has 20 heavy (non-hydrogen) atoms. The van der Waals surface area contributed by atoms with E-state index in [1.165, 1.54) is 63.4 Å². The molecule has 0 aliphatic carbocycles. The fraction of sp³-hybridized carbons (Fsp3) is 0.632. The fourth-order valence-corrected chi connectivity index (χ4v) is 2.50. The summed E-state index contributed by atoms with van der Waals surface area (Å²) in [5.74, 6) is 0.646. The summed E-state index contributed by atoms with van der Waals surface area (Å²) in [5.41, 5.74) is 1.34. The number of allylic oxidation sites excluding steroid dienone is 3. The van der Waals surface area contributed by atoms with Crippen LogP contribution in [0.5, 0.6) is 0 Å².